The second-order valence-electron chi connectivity index (χ2n) is 9.02. The minimum Gasteiger partial charge on any atom is -0.488 e. The van der Waals surface area contributed by atoms with Crippen LogP contribution >= 0.6 is 11.6 Å². The second kappa shape index (κ2) is 10.3. The molecule has 0 unspecified atom stereocenters. The summed E-state index contributed by atoms with van der Waals surface area (Å²) in [6.45, 7) is -0.447. The zero-order chi connectivity index (χ0) is 28.8. The monoisotopic (exact) mass is 593 g/mol. The van der Waals surface area contributed by atoms with E-state index in [-0.39, 0.29) is 44.4 Å². The van der Waals surface area contributed by atoms with Crippen molar-refractivity contribution in [2.45, 2.75) is 29.6 Å². The van der Waals surface area contributed by atoms with Crippen molar-refractivity contribution in [2.24, 2.45) is 0 Å². The second-order valence-corrected chi connectivity index (χ2v) is 11.3. The van der Waals surface area contributed by atoms with Gasteiger partial charge in [0.15, 0.2) is 11.0 Å². The highest BCUT2D eigenvalue weighted by atomic mass is 35.5. The zero-order valence-corrected chi connectivity index (χ0v) is 21.8. The minimum atomic E-state index is -4.76. The van der Waals surface area contributed by atoms with E-state index in [4.69, 9.17) is 20.8 Å². The van der Waals surface area contributed by atoms with Gasteiger partial charge in [-0.15, -0.1) is 0 Å². The van der Waals surface area contributed by atoms with Crippen LogP contribution in [0.3, 0.4) is 0 Å². The SMILES string of the molecule is O=C(O)[C@H]1C[C@@H](Oc2cc(C(F)(F)F)ccc2-c2cc(=O)c3cccc(Cl)c3o2)CN1S(=O)(=O)c1ccccc1. The predicted octanol–water partition coefficient (Wildman–Crippen LogP) is 5.43. The molecule has 8 nitrogen and oxygen atoms in total. The molecule has 0 bridgehead atoms. The number of fused-ring (bicyclic) bond motifs is 1. The van der Waals surface area contributed by atoms with Crippen LogP contribution in [-0.4, -0.2) is 42.5 Å². The van der Waals surface area contributed by atoms with Gasteiger partial charge >= 0.3 is 12.1 Å². The third-order valence-corrected chi connectivity index (χ3v) is 8.61. The number of rotatable bonds is 6. The summed E-state index contributed by atoms with van der Waals surface area (Å²) in [7, 11) is -4.27. The first kappa shape index (κ1) is 27.7. The normalized spacial score (nSPS) is 18.2. The molecule has 0 radical (unpaired) electrons. The summed E-state index contributed by atoms with van der Waals surface area (Å²) in [5, 5.41) is 10.0. The van der Waals surface area contributed by atoms with Gasteiger partial charge in [0.2, 0.25) is 10.0 Å². The maximum atomic E-state index is 13.6. The number of carbonyl (C=O) groups is 1. The number of benzene rings is 3. The highest BCUT2D eigenvalue weighted by molar-refractivity contribution is 7.89. The molecule has 2 atom stereocenters. The molecule has 1 aliphatic heterocycles. The largest absolute Gasteiger partial charge is 0.488 e. The summed E-state index contributed by atoms with van der Waals surface area (Å²) >= 11 is 6.18. The number of carboxylic acids is 1. The topological polar surface area (TPSA) is 114 Å². The molecule has 0 saturated carbocycles. The minimum absolute atomic E-state index is 0.0180. The van der Waals surface area contributed by atoms with Crippen molar-refractivity contribution in [1.29, 1.82) is 0 Å². The molecule has 1 aliphatic rings. The molecule has 13 heteroatoms. The molecule has 1 fully saturated rings. The highest BCUT2D eigenvalue weighted by Crippen LogP contribution is 2.40. The first-order valence-corrected chi connectivity index (χ1v) is 13.6. The third-order valence-electron chi connectivity index (χ3n) is 6.43. The number of nitrogens with zero attached hydrogens (tertiary/aromatic N) is 1. The van der Waals surface area contributed by atoms with Crippen LogP contribution in [0.15, 0.2) is 86.9 Å². The van der Waals surface area contributed by atoms with E-state index < -0.39 is 51.9 Å². The predicted molar refractivity (Wildman–Crippen MR) is 139 cm³/mol. The lowest BCUT2D eigenvalue weighted by Crippen LogP contribution is -2.40. The lowest BCUT2D eigenvalue weighted by atomic mass is 10.1. The van der Waals surface area contributed by atoms with Gasteiger partial charge in [-0.05, 0) is 42.5 Å². The molecule has 1 N–H and O–H groups in total. The van der Waals surface area contributed by atoms with Crippen molar-refractivity contribution in [3.05, 3.63) is 93.6 Å². The molecule has 0 aliphatic carbocycles. The van der Waals surface area contributed by atoms with Crippen LogP contribution in [0, 0.1) is 0 Å². The number of para-hydroxylation sites is 1. The van der Waals surface area contributed by atoms with Crippen LogP contribution in [0.5, 0.6) is 5.75 Å². The average Bonchev–Trinajstić information content (AvgIpc) is 3.34. The molecule has 4 aromatic rings. The van der Waals surface area contributed by atoms with Crippen molar-refractivity contribution < 1.29 is 40.6 Å². The molecular formula is C27H19ClF3NO7S. The van der Waals surface area contributed by atoms with E-state index in [1.54, 1.807) is 12.1 Å². The molecule has 0 amide bonds. The van der Waals surface area contributed by atoms with Crippen LogP contribution in [0.1, 0.15) is 12.0 Å². The Labute approximate surface area is 230 Å². The van der Waals surface area contributed by atoms with Crippen LogP contribution in [0.4, 0.5) is 13.2 Å². The first-order chi connectivity index (χ1) is 18.9. The number of hydrogen-bond donors (Lipinski definition) is 1. The molecule has 1 aromatic heterocycles. The summed E-state index contributed by atoms with van der Waals surface area (Å²) < 4.78 is 79.6. The third kappa shape index (κ3) is 5.17. The fourth-order valence-corrected chi connectivity index (χ4v) is 6.39. The van der Waals surface area contributed by atoms with Gasteiger partial charge in [-0.25, -0.2) is 8.42 Å². The number of ether oxygens (including phenoxy) is 1. The summed E-state index contributed by atoms with van der Waals surface area (Å²) in [5.41, 5.74) is -1.60. The van der Waals surface area contributed by atoms with Crippen molar-refractivity contribution in [1.82, 2.24) is 4.31 Å². The number of carboxylic acid groups (broad SMARTS) is 1. The average molecular weight is 594 g/mol. The lowest BCUT2D eigenvalue weighted by molar-refractivity contribution is -0.140. The zero-order valence-electron chi connectivity index (χ0n) is 20.3. The summed E-state index contributed by atoms with van der Waals surface area (Å²) in [5.74, 6) is -1.96. The molecular weight excluding hydrogens is 575 g/mol. The van der Waals surface area contributed by atoms with Gasteiger partial charge < -0.3 is 14.3 Å². The summed E-state index contributed by atoms with van der Waals surface area (Å²) in [4.78, 5) is 24.6. The van der Waals surface area contributed by atoms with E-state index in [1.807, 2.05) is 0 Å². The lowest BCUT2D eigenvalue weighted by Gasteiger charge is -2.21. The van der Waals surface area contributed by atoms with Gasteiger partial charge in [-0.1, -0.05) is 35.9 Å². The van der Waals surface area contributed by atoms with E-state index >= 15 is 0 Å². The van der Waals surface area contributed by atoms with E-state index in [2.05, 4.69) is 0 Å². The Morgan fingerprint density at radius 2 is 1.77 bits per heavy atom. The molecule has 2 heterocycles. The van der Waals surface area contributed by atoms with Crippen LogP contribution in [0.25, 0.3) is 22.3 Å². The maximum absolute atomic E-state index is 13.6. The number of hydrogen-bond acceptors (Lipinski definition) is 6. The number of aliphatic carboxylic acids is 1. The Morgan fingerprint density at radius 3 is 2.45 bits per heavy atom. The first-order valence-electron chi connectivity index (χ1n) is 11.8. The Balaban J connectivity index is 1.57. The van der Waals surface area contributed by atoms with Gasteiger partial charge in [0.1, 0.15) is 23.7 Å². The Morgan fingerprint density at radius 1 is 1.05 bits per heavy atom. The van der Waals surface area contributed by atoms with Gasteiger partial charge in [0.25, 0.3) is 0 Å². The van der Waals surface area contributed by atoms with Crippen molar-refractivity contribution in [2.75, 3.05) is 6.54 Å². The van der Waals surface area contributed by atoms with Crippen molar-refractivity contribution in [3.8, 4) is 17.1 Å². The molecule has 1 saturated heterocycles. The molecule has 208 valence electrons. The van der Waals surface area contributed by atoms with Gasteiger partial charge in [0.05, 0.1) is 33.0 Å². The maximum Gasteiger partial charge on any atom is 0.416 e. The van der Waals surface area contributed by atoms with E-state index in [1.165, 1.54) is 36.4 Å². The highest BCUT2D eigenvalue weighted by Gasteiger charge is 2.45. The van der Waals surface area contributed by atoms with E-state index in [0.717, 1.165) is 22.5 Å². The van der Waals surface area contributed by atoms with Gasteiger partial charge in [-0.2, -0.15) is 17.5 Å². The molecule has 40 heavy (non-hydrogen) atoms. The number of sulfonamides is 1. The smallest absolute Gasteiger partial charge is 0.416 e. The Hall–Kier alpha value is -3.87. The van der Waals surface area contributed by atoms with Crippen LogP contribution in [0.2, 0.25) is 5.02 Å². The Kier molecular flexibility index (Phi) is 7.11. The van der Waals surface area contributed by atoms with Crippen LogP contribution < -0.4 is 10.2 Å². The number of alkyl halides is 3. The fraction of sp³-hybridized carbons (Fsp3) is 0.185. The van der Waals surface area contributed by atoms with E-state index in [0.29, 0.717) is 6.07 Å². The molecule has 0 spiro atoms. The summed E-state index contributed by atoms with van der Waals surface area (Å²) in [6, 6.07) is 13.7. The quantitative estimate of drug-likeness (QED) is 0.317. The Bertz CT molecular complexity index is 1770. The van der Waals surface area contributed by atoms with Crippen molar-refractivity contribution in [3.63, 3.8) is 0 Å². The van der Waals surface area contributed by atoms with E-state index in [9.17, 15) is 36.3 Å². The fourth-order valence-electron chi connectivity index (χ4n) is 4.53. The standard InChI is InChI=1S/C27H19ClF3NO7S/c28-20-8-4-7-18-22(33)13-24(39-25(18)20)19-10-9-15(27(29,30)31)11-23(19)38-16-12-21(26(34)35)32(14-16)40(36,37)17-5-2-1-3-6-17/h1-11,13,16,21H,12,14H2,(H,34,35)/t16-,21-/m1/s1. The number of halogens is 4. The van der Waals surface area contributed by atoms with Crippen LogP contribution in [-0.2, 0) is 21.0 Å². The van der Waals surface area contributed by atoms with Gasteiger partial charge in [-0.3, -0.25) is 9.59 Å². The van der Waals surface area contributed by atoms with Gasteiger partial charge in [0, 0.05) is 12.5 Å². The molecule has 5 rings (SSSR count). The van der Waals surface area contributed by atoms with Crippen molar-refractivity contribution >= 4 is 38.6 Å². The molecule has 3 aromatic carbocycles. The summed E-state index contributed by atoms with van der Waals surface area (Å²) in [6.07, 6.45) is -6.24.